The normalized spacial score (nSPS) is 10.9. The smallest absolute Gasteiger partial charge is 0.344 e. The molecular weight excluding hydrogens is 703 g/mol. The number of benzene rings is 6. The first kappa shape index (κ1) is 36.3. The standard InChI is InChI=1S/C42H32Cl2O8/c43-37-23-31(14-17-39(37)51-42(47)36-22-30(12-16-35(36)41(45)46)20-28-9-5-2-6-10-28)32-15-18-40(38(44)24-32)52-50-26-34-21-29(11-13-33(34)25-49-48)19-27-7-3-1-4-8-27/h1-18,21-24,48H,19-20,25-26H2,(H,45,46). The molecule has 0 radical (unpaired) electrons. The van der Waals surface area contributed by atoms with Crippen LogP contribution in [-0.2, 0) is 35.8 Å². The Kier molecular flexibility index (Phi) is 12.0. The predicted octanol–water partition coefficient (Wildman–Crippen LogP) is 10.3. The minimum Gasteiger partial charge on any atom is -0.478 e. The Hall–Kier alpha value is -5.48. The third kappa shape index (κ3) is 9.24. The van der Waals surface area contributed by atoms with Crippen molar-refractivity contribution in [1.29, 1.82) is 0 Å². The van der Waals surface area contributed by atoms with Crippen molar-refractivity contribution in [2.24, 2.45) is 0 Å². The summed E-state index contributed by atoms with van der Waals surface area (Å²) in [5.74, 6) is -1.74. The van der Waals surface area contributed by atoms with E-state index in [0.29, 0.717) is 17.5 Å². The number of hydrogen-bond acceptors (Lipinski definition) is 7. The van der Waals surface area contributed by atoms with Crippen molar-refractivity contribution in [2.45, 2.75) is 26.1 Å². The van der Waals surface area contributed by atoms with Gasteiger partial charge in [0.1, 0.15) is 19.0 Å². The molecule has 0 aromatic heterocycles. The summed E-state index contributed by atoms with van der Waals surface area (Å²) in [7, 11) is 0. The molecule has 262 valence electrons. The van der Waals surface area contributed by atoms with E-state index in [4.69, 9.17) is 43.0 Å². The Morgan fingerprint density at radius 2 is 1.13 bits per heavy atom. The predicted molar refractivity (Wildman–Crippen MR) is 198 cm³/mol. The van der Waals surface area contributed by atoms with E-state index in [1.807, 2.05) is 66.7 Å². The minimum absolute atomic E-state index is 0.00831. The van der Waals surface area contributed by atoms with Crippen LogP contribution in [0, 0.1) is 0 Å². The maximum atomic E-state index is 13.2. The molecule has 6 aromatic carbocycles. The first-order chi connectivity index (χ1) is 25.3. The van der Waals surface area contributed by atoms with Crippen LogP contribution >= 0.6 is 23.2 Å². The third-order valence-electron chi connectivity index (χ3n) is 8.29. The molecule has 6 aromatic rings. The quantitative estimate of drug-likeness (QED) is 0.0492. The number of rotatable bonds is 14. The largest absolute Gasteiger partial charge is 0.478 e. The average Bonchev–Trinajstić information content (AvgIpc) is 3.15. The van der Waals surface area contributed by atoms with E-state index in [-0.39, 0.29) is 45.9 Å². The second-order valence-corrected chi connectivity index (χ2v) is 12.7. The molecule has 0 aliphatic rings. The summed E-state index contributed by atoms with van der Waals surface area (Å²) in [6.07, 6.45) is 1.24. The van der Waals surface area contributed by atoms with Crippen LogP contribution in [0.25, 0.3) is 11.1 Å². The van der Waals surface area contributed by atoms with Gasteiger partial charge in [0.15, 0.2) is 5.75 Å². The number of esters is 1. The molecule has 0 atom stereocenters. The lowest BCUT2D eigenvalue weighted by molar-refractivity contribution is -0.253. The van der Waals surface area contributed by atoms with E-state index in [2.05, 4.69) is 17.0 Å². The van der Waals surface area contributed by atoms with Crippen LogP contribution in [0.15, 0.2) is 133 Å². The lowest BCUT2D eigenvalue weighted by Gasteiger charge is -2.13. The number of carboxylic acids is 1. The lowest BCUT2D eigenvalue weighted by Crippen LogP contribution is -2.15. The summed E-state index contributed by atoms with van der Waals surface area (Å²) in [5.41, 5.74) is 6.65. The fourth-order valence-corrected chi connectivity index (χ4v) is 6.11. The van der Waals surface area contributed by atoms with Gasteiger partial charge in [-0.1, -0.05) is 120 Å². The van der Waals surface area contributed by atoms with Gasteiger partial charge in [-0.2, -0.15) is 4.89 Å². The molecular formula is C42H32Cl2O8. The molecule has 0 saturated heterocycles. The molecule has 0 aliphatic carbocycles. The summed E-state index contributed by atoms with van der Waals surface area (Å²) in [5, 5.41) is 19.2. The molecule has 8 nitrogen and oxygen atoms in total. The first-order valence-corrected chi connectivity index (χ1v) is 16.9. The zero-order valence-corrected chi connectivity index (χ0v) is 29.1. The third-order valence-corrected chi connectivity index (χ3v) is 8.88. The van der Waals surface area contributed by atoms with Crippen LogP contribution in [0.5, 0.6) is 11.5 Å². The van der Waals surface area contributed by atoms with Gasteiger partial charge in [0.05, 0.1) is 21.2 Å². The molecule has 0 fully saturated rings. The van der Waals surface area contributed by atoms with E-state index in [0.717, 1.165) is 39.8 Å². The van der Waals surface area contributed by atoms with Crippen LogP contribution in [0.4, 0.5) is 0 Å². The van der Waals surface area contributed by atoms with E-state index in [1.54, 1.807) is 36.4 Å². The fraction of sp³-hybridized carbons (Fsp3) is 0.0952. The van der Waals surface area contributed by atoms with Gasteiger partial charge in [-0.05, 0) is 93.7 Å². The van der Waals surface area contributed by atoms with E-state index < -0.39 is 11.9 Å². The number of carboxylic acid groups (broad SMARTS) is 1. The molecule has 0 saturated carbocycles. The second-order valence-electron chi connectivity index (χ2n) is 11.9. The van der Waals surface area contributed by atoms with Gasteiger partial charge in [-0.3, -0.25) is 5.26 Å². The van der Waals surface area contributed by atoms with Gasteiger partial charge in [0.2, 0.25) is 0 Å². The first-order valence-electron chi connectivity index (χ1n) is 16.2. The highest BCUT2D eigenvalue weighted by Gasteiger charge is 2.21. The highest BCUT2D eigenvalue weighted by molar-refractivity contribution is 6.33. The topological polar surface area (TPSA) is 112 Å². The van der Waals surface area contributed by atoms with Gasteiger partial charge in [0, 0.05) is 0 Å². The molecule has 6 rings (SSSR count). The Morgan fingerprint density at radius 3 is 1.71 bits per heavy atom. The van der Waals surface area contributed by atoms with Gasteiger partial charge in [0.25, 0.3) is 0 Å². The Labute approximate surface area is 310 Å². The minimum atomic E-state index is -1.25. The van der Waals surface area contributed by atoms with Crippen LogP contribution in [-0.4, -0.2) is 22.3 Å². The van der Waals surface area contributed by atoms with E-state index in [1.165, 1.54) is 18.2 Å². The summed E-state index contributed by atoms with van der Waals surface area (Å²) in [4.78, 5) is 40.7. The Bertz CT molecular complexity index is 2190. The van der Waals surface area contributed by atoms with Gasteiger partial charge >= 0.3 is 11.9 Å². The molecule has 0 bridgehead atoms. The van der Waals surface area contributed by atoms with Gasteiger partial charge in [-0.15, -0.1) is 0 Å². The molecule has 0 spiro atoms. The van der Waals surface area contributed by atoms with E-state index in [9.17, 15) is 14.7 Å². The monoisotopic (exact) mass is 734 g/mol. The number of hydrogen-bond donors (Lipinski definition) is 2. The molecule has 52 heavy (non-hydrogen) atoms. The van der Waals surface area contributed by atoms with Crippen molar-refractivity contribution in [3.8, 4) is 22.6 Å². The molecule has 0 heterocycles. The highest BCUT2D eigenvalue weighted by atomic mass is 35.5. The van der Waals surface area contributed by atoms with Crippen molar-refractivity contribution in [3.05, 3.63) is 188 Å². The molecule has 2 N–H and O–H groups in total. The van der Waals surface area contributed by atoms with Crippen molar-refractivity contribution >= 4 is 35.1 Å². The average molecular weight is 736 g/mol. The maximum absolute atomic E-state index is 13.2. The molecule has 0 unspecified atom stereocenters. The van der Waals surface area contributed by atoms with Crippen LogP contribution in [0.2, 0.25) is 10.0 Å². The van der Waals surface area contributed by atoms with Crippen LogP contribution in [0.1, 0.15) is 54.1 Å². The van der Waals surface area contributed by atoms with Crippen LogP contribution < -0.4 is 9.62 Å². The van der Waals surface area contributed by atoms with Crippen molar-refractivity contribution in [3.63, 3.8) is 0 Å². The number of aromatic carboxylic acids is 1. The fourth-order valence-electron chi connectivity index (χ4n) is 5.68. The SMILES string of the molecule is O=C(O)c1ccc(Cc2ccccc2)cc1C(=O)Oc1ccc(-c2ccc(OOCc3cc(Cc4ccccc4)ccc3COO)c(Cl)c2)cc1Cl. The summed E-state index contributed by atoms with van der Waals surface area (Å²) >= 11 is 13.1. The van der Waals surface area contributed by atoms with Gasteiger partial charge in [-0.25, -0.2) is 14.5 Å². The number of halogens is 2. The zero-order chi connectivity index (χ0) is 36.5. The van der Waals surface area contributed by atoms with Crippen LogP contribution in [0.3, 0.4) is 0 Å². The zero-order valence-electron chi connectivity index (χ0n) is 27.6. The summed E-state index contributed by atoms with van der Waals surface area (Å²) < 4.78 is 5.58. The second kappa shape index (κ2) is 17.2. The molecule has 0 aliphatic heterocycles. The maximum Gasteiger partial charge on any atom is 0.344 e. The summed E-state index contributed by atoms with van der Waals surface area (Å²) in [6, 6.07) is 40.1. The number of carbonyl (C=O) groups excluding carboxylic acids is 1. The van der Waals surface area contributed by atoms with Crippen molar-refractivity contribution < 1.29 is 39.4 Å². The van der Waals surface area contributed by atoms with E-state index >= 15 is 0 Å². The van der Waals surface area contributed by atoms with Crippen molar-refractivity contribution in [2.75, 3.05) is 0 Å². The Morgan fingerprint density at radius 1 is 0.558 bits per heavy atom. The Balaban J connectivity index is 1.11. The highest BCUT2D eigenvalue weighted by Crippen LogP contribution is 2.35. The number of carbonyl (C=O) groups is 2. The number of ether oxygens (including phenoxy) is 1. The molecule has 10 heteroatoms. The lowest BCUT2D eigenvalue weighted by atomic mass is 9.99. The van der Waals surface area contributed by atoms with Gasteiger partial charge < -0.3 is 14.7 Å². The van der Waals surface area contributed by atoms with Crippen molar-refractivity contribution in [1.82, 2.24) is 0 Å². The molecule has 0 amide bonds. The summed E-state index contributed by atoms with van der Waals surface area (Å²) in [6.45, 7) is 0.0616.